The van der Waals surface area contributed by atoms with Gasteiger partial charge in [-0.15, -0.1) is 0 Å². The van der Waals surface area contributed by atoms with Gasteiger partial charge in [-0.1, -0.05) is 36.4 Å². The summed E-state index contributed by atoms with van der Waals surface area (Å²) in [7, 11) is -3.74. The molecular weight excluding hydrogens is 356 g/mol. The van der Waals surface area contributed by atoms with Crippen LogP contribution in [0, 0.1) is 10.1 Å². The van der Waals surface area contributed by atoms with E-state index in [0.29, 0.717) is 6.42 Å². The second-order valence-corrected chi connectivity index (χ2v) is 7.46. The van der Waals surface area contributed by atoms with Crippen molar-refractivity contribution in [2.45, 2.75) is 24.3 Å². The second kappa shape index (κ2) is 8.70. The van der Waals surface area contributed by atoms with Gasteiger partial charge in [-0.25, -0.2) is 13.1 Å². The Morgan fingerprint density at radius 3 is 2.46 bits per heavy atom. The van der Waals surface area contributed by atoms with Crippen LogP contribution in [-0.2, 0) is 16.4 Å². The highest BCUT2D eigenvalue weighted by molar-refractivity contribution is 7.89. The minimum absolute atomic E-state index is 0.0228. The van der Waals surface area contributed by atoms with E-state index in [0.717, 1.165) is 23.3 Å². The Kier molecular flexibility index (Phi) is 6.62. The Hall–Kier alpha value is -2.55. The average molecular weight is 376 g/mol. The van der Waals surface area contributed by atoms with Crippen LogP contribution in [0.5, 0.6) is 0 Å². The molecule has 0 saturated carbocycles. The molecule has 0 heterocycles. The number of nitro benzene ring substituents is 1. The van der Waals surface area contributed by atoms with Gasteiger partial charge in [0.05, 0.1) is 15.9 Å². The van der Waals surface area contributed by atoms with Crippen LogP contribution in [0.25, 0.3) is 6.08 Å². The molecule has 0 fully saturated rings. The Balaban J connectivity index is 2.04. The largest absolute Gasteiger partial charge is 0.389 e. The van der Waals surface area contributed by atoms with E-state index in [1.807, 2.05) is 24.3 Å². The number of non-ortho nitro benzene ring substituents is 1. The molecule has 7 nitrogen and oxygen atoms in total. The molecule has 0 amide bonds. The van der Waals surface area contributed by atoms with Gasteiger partial charge in [0, 0.05) is 18.7 Å². The third-order valence-electron chi connectivity index (χ3n) is 3.65. The molecule has 138 valence electrons. The first-order chi connectivity index (χ1) is 12.3. The third-order valence-corrected chi connectivity index (χ3v) is 5.13. The van der Waals surface area contributed by atoms with Crippen LogP contribution in [0.4, 0.5) is 5.69 Å². The van der Waals surface area contributed by atoms with Crippen LogP contribution in [0.2, 0.25) is 0 Å². The lowest BCUT2D eigenvalue weighted by Gasteiger charge is -2.09. The fourth-order valence-corrected chi connectivity index (χ4v) is 3.35. The fourth-order valence-electron chi connectivity index (χ4n) is 2.32. The number of nitro groups is 1. The number of sulfonamides is 1. The van der Waals surface area contributed by atoms with E-state index in [1.165, 1.54) is 12.1 Å². The lowest BCUT2D eigenvalue weighted by molar-refractivity contribution is -0.384. The van der Waals surface area contributed by atoms with Crippen LogP contribution in [0.15, 0.2) is 59.5 Å². The zero-order valence-corrected chi connectivity index (χ0v) is 15.0. The quantitative estimate of drug-likeness (QED) is 0.543. The van der Waals surface area contributed by atoms with Gasteiger partial charge in [0.2, 0.25) is 10.0 Å². The van der Waals surface area contributed by atoms with Gasteiger partial charge in [0.1, 0.15) is 0 Å². The maximum absolute atomic E-state index is 12.3. The molecule has 0 saturated heterocycles. The molecule has 0 aromatic heterocycles. The lowest BCUT2D eigenvalue weighted by Crippen LogP contribution is -2.26. The minimum Gasteiger partial charge on any atom is -0.389 e. The van der Waals surface area contributed by atoms with E-state index in [9.17, 15) is 23.6 Å². The summed E-state index contributed by atoms with van der Waals surface area (Å²) in [5.41, 5.74) is 1.68. The predicted octanol–water partition coefficient (Wildman–Crippen LogP) is 2.51. The number of aliphatic hydroxyl groups is 1. The molecule has 0 bridgehead atoms. The molecule has 0 aliphatic carbocycles. The summed E-state index contributed by atoms with van der Waals surface area (Å²) in [6.45, 7) is 1.83. The molecule has 2 N–H and O–H groups in total. The molecule has 0 spiro atoms. The zero-order valence-electron chi connectivity index (χ0n) is 14.2. The van der Waals surface area contributed by atoms with Crippen LogP contribution < -0.4 is 4.72 Å². The van der Waals surface area contributed by atoms with Crippen molar-refractivity contribution in [3.05, 3.63) is 75.8 Å². The molecule has 0 aliphatic rings. The lowest BCUT2D eigenvalue weighted by atomic mass is 10.0. The van der Waals surface area contributed by atoms with Crippen molar-refractivity contribution in [1.29, 1.82) is 0 Å². The number of benzene rings is 2. The molecule has 2 aromatic carbocycles. The summed E-state index contributed by atoms with van der Waals surface area (Å²) in [4.78, 5) is 10.0. The smallest absolute Gasteiger partial charge is 0.269 e. The average Bonchev–Trinajstić information content (AvgIpc) is 2.60. The summed E-state index contributed by atoms with van der Waals surface area (Å²) in [6, 6.07) is 12.2. The number of nitrogens with zero attached hydrogens (tertiary/aromatic N) is 1. The van der Waals surface area contributed by atoms with Crippen molar-refractivity contribution in [2.24, 2.45) is 0 Å². The fraction of sp³-hybridized carbons (Fsp3) is 0.222. The van der Waals surface area contributed by atoms with E-state index in [4.69, 9.17) is 0 Å². The van der Waals surface area contributed by atoms with Crippen molar-refractivity contribution >= 4 is 21.8 Å². The molecule has 8 heteroatoms. The number of hydrogen-bond donors (Lipinski definition) is 2. The standard InChI is InChI=1S/C18H20N2O5S/c1-14(21)6-7-15-4-2-3-5-16(15)12-13-19-26(24,25)18-10-8-17(9-11-18)20(22)23/h2-11,14,19,21H,12-13H2,1H3/b7-6+/t14-/m0/s1. The first-order valence-corrected chi connectivity index (χ1v) is 9.46. The Morgan fingerprint density at radius 1 is 1.19 bits per heavy atom. The zero-order chi connectivity index (χ0) is 19.2. The summed E-state index contributed by atoms with van der Waals surface area (Å²) in [6.07, 6.45) is 3.35. The highest BCUT2D eigenvalue weighted by Gasteiger charge is 2.15. The number of hydrogen-bond acceptors (Lipinski definition) is 5. The number of rotatable bonds is 8. The molecule has 2 rings (SSSR count). The van der Waals surface area contributed by atoms with Gasteiger partial charge in [0.25, 0.3) is 5.69 Å². The first kappa shape index (κ1) is 19.8. The van der Waals surface area contributed by atoms with Crippen molar-refractivity contribution in [3.63, 3.8) is 0 Å². The molecule has 0 aliphatic heterocycles. The van der Waals surface area contributed by atoms with Crippen LogP contribution >= 0.6 is 0 Å². The highest BCUT2D eigenvalue weighted by Crippen LogP contribution is 2.16. The van der Waals surface area contributed by atoms with Gasteiger partial charge < -0.3 is 5.11 Å². The minimum atomic E-state index is -3.74. The van der Waals surface area contributed by atoms with Gasteiger partial charge in [0.15, 0.2) is 0 Å². The SMILES string of the molecule is C[C@H](O)/C=C/c1ccccc1CCNS(=O)(=O)c1ccc([N+](=O)[O-])cc1. The van der Waals surface area contributed by atoms with Gasteiger partial charge in [-0.05, 0) is 36.6 Å². The van der Waals surface area contributed by atoms with Crippen molar-refractivity contribution < 1.29 is 18.4 Å². The molecule has 1 atom stereocenters. The first-order valence-electron chi connectivity index (χ1n) is 7.98. The Labute approximate surface area is 152 Å². The topological polar surface area (TPSA) is 110 Å². The Bertz CT molecular complexity index is 890. The van der Waals surface area contributed by atoms with Gasteiger partial charge in [-0.2, -0.15) is 0 Å². The summed E-state index contributed by atoms with van der Waals surface area (Å²) in [5.74, 6) is 0. The van der Waals surface area contributed by atoms with E-state index >= 15 is 0 Å². The normalized spacial score (nSPS) is 13.0. The number of nitrogens with one attached hydrogen (secondary N) is 1. The highest BCUT2D eigenvalue weighted by atomic mass is 32.2. The maximum Gasteiger partial charge on any atom is 0.269 e. The van der Waals surface area contributed by atoms with Crippen LogP contribution in [0.3, 0.4) is 0 Å². The molecule has 2 aromatic rings. The van der Waals surface area contributed by atoms with Gasteiger partial charge in [-0.3, -0.25) is 10.1 Å². The van der Waals surface area contributed by atoms with Crippen LogP contribution in [-0.4, -0.2) is 31.1 Å². The van der Waals surface area contributed by atoms with E-state index in [1.54, 1.807) is 19.1 Å². The van der Waals surface area contributed by atoms with Crippen molar-refractivity contribution in [3.8, 4) is 0 Å². The van der Waals surface area contributed by atoms with Gasteiger partial charge >= 0.3 is 0 Å². The third kappa shape index (κ3) is 5.48. The Morgan fingerprint density at radius 2 is 1.85 bits per heavy atom. The van der Waals surface area contributed by atoms with E-state index in [-0.39, 0.29) is 17.1 Å². The monoisotopic (exact) mass is 376 g/mol. The van der Waals surface area contributed by atoms with Crippen molar-refractivity contribution in [1.82, 2.24) is 4.72 Å². The molecule has 0 unspecified atom stereocenters. The van der Waals surface area contributed by atoms with Crippen molar-refractivity contribution in [2.75, 3.05) is 6.54 Å². The predicted molar refractivity (Wildman–Crippen MR) is 99.1 cm³/mol. The molecule has 0 radical (unpaired) electrons. The maximum atomic E-state index is 12.3. The summed E-state index contributed by atoms with van der Waals surface area (Å²) < 4.78 is 27.0. The van der Waals surface area contributed by atoms with E-state index in [2.05, 4.69) is 4.72 Å². The number of aliphatic hydroxyl groups excluding tert-OH is 1. The summed E-state index contributed by atoms with van der Waals surface area (Å²) in [5, 5.41) is 20.0. The van der Waals surface area contributed by atoms with Crippen LogP contribution in [0.1, 0.15) is 18.1 Å². The van der Waals surface area contributed by atoms with E-state index < -0.39 is 21.1 Å². The summed E-state index contributed by atoms with van der Waals surface area (Å²) >= 11 is 0. The second-order valence-electron chi connectivity index (χ2n) is 5.70. The molecular formula is C18H20N2O5S. The molecule has 26 heavy (non-hydrogen) atoms.